The SMILES string of the molecule is CCOP(=O)(OCC)C(CCC(=O)c1ccc(O)cc1)P(=O)(OCC)OCC. The number of aromatic hydroxyl groups is 1. The van der Waals surface area contributed by atoms with Crippen molar-refractivity contribution >= 4 is 21.0 Å². The van der Waals surface area contributed by atoms with Crippen molar-refractivity contribution in [2.75, 3.05) is 26.4 Å². The maximum atomic E-state index is 13.4. The van der Waals surface area contributed by atoms with Crippen LogP contribution in [0.1, 0.15) is 50.9 Å². The van der Waals surface area contributed by atoms with Crippen molar-refractivity contribution in [3.63, 3.8) is 0 Å². The van der Waals surface area contributed by atoms with Gasteiger partial charge in [0.25, 0.3) is 0 Å². The van der Waals surface area contributed by atoms with Gasteiger partial charge >= 0.3 is 15.2 Å². The molecule has 0 aromatic heterocycles. The Kier molecular flexibility index (Phi) is 10.6. The molecule has 0 fully saturated rings. The van der Waals surface area contributed by atoms with Gasteiger partial charge in [-0.05, 0) is 58.4 Å². The highest BCUT2D eigenvalue weighted by molar-refractivity contribution is 7.72. The van der Waals surface area contributed by atoms with E-state index in [9.17, 15) is 19.0 Å². The fraction of sp³-hybridized carbons (Fsp3) is 0.611. The summed E-state index contributed by atoms with van der Waals surface area (Å²) in [6, 6.07) is 5.78. The van der Waals surface area contributed by atoms with Gasteiger partial charge in [0.2, 0.25) is 0 Å². The fourth-order valence-corrected chi connectivity index (χ4v) is 8.03. The van der Waals surface area contributed by atoms with Crippen LogP contribution in [0.4, 0.5) is 0 Å². The molecule has 1 rings (SSSR count). The van der Waals surface area contributed by atoms with Gasteiger partial charge < -0.3 is 23.2 Å². The topological polar surface area (TPSA) is 108 Å². The molecular formula is C18H30O8P2. The smallest absolute Gasteiger partial charge is 0.345 e. The first-order valence-corrected chi connectivity index (χ1v) is 12.6. The lowest BCUT2D eigenvalue weighted by Gasteiger charge is -2.31. The summed E-state index contributed by atoms with van der Waals surface area (Å²) in [5.74, 6) is -0.215. The molecule has 0 atom stereocenters. The molecule has 0 saturated heterocycles. The Bertz CT molecular complexity index is 654. The van der Waals surface area contributed by atoms with Crippen LogP contribution in [0.5, 0.6) is 5.75 Å². The first-order chi connectivity index (χ1) is 13.3. The van der Waals surface area contributed by atoms with Gasteiger partial charge in [-0.2, -0.15) is 0 Å². The minimum atomic E-state index is -3.87. The number of hydrogen-bond acceptors (Lipinski definition) is 8. The summed E-state index contributed by atoms with van der Waals surface area (Å²) >= 11 is 0. The van der Waals surface area contributed by atoms with Crippen molar-refractivity contribution < 1.29 is 37.1 Å². The number of Topliss-reactive ketones (excluding diaryl/α,β-unsaturated/α-hetero) is 1. The van der Waals surface area contributed by atoms with Crippen LogP contribution in [0.3, 0.4) is 0 Å². The van der Waals surface area contributed by atoms with Gasteiger partial charge in [-0.25, -0.2) is 0 Å². The van der Waals surface area contributed by atoms with Gasteiger partial charge in [0.05, 0.1) is 26.4 Å². The van der Waals surface area contributed by atoms with Crippen LogP contribution in [0.15, 0.2) is 24.3 Å². The molecule has 0 bridgehead atoms. The summed E-state index contributed by atoms with van der Waals surface area (Å²) in [5, 5.41) is 8.13. The molecule has 0 spiro atoms. The number of carbonyl (C=O) groups excluding carboxylic acids is 1. The highest BCUT2D eigenvalue weighted by atomic mass is 31.2. The Morgan fingerprint density at radius 3 is 1.61 bits per heavy atom. The molecule has 28 heavy (non-hydrogen) atoms. The molecule has 0 radical (unpaired) electrons. The lowest BCUT2D eigenvalue weighted by atomic mass is 10.1. The lowest BCUT2D eigenvalue weighted by molar-refractivity contribution is 0.0979. The Hall–Kier alpha value is -1.01. The van der Waals surface area contributed by atoms with Crippen molar-refractivity contribution in [1.82, 2.24) is 0 Å². The minimum absolute atomic E-state index is 0.0452. The molecule has 10 heteroatoms. The monoisotopic (exact) mass is 436 g/mol. The minimum Gasteiger partial charge on any atom is -0.508 e. The second-order valence-electron chi connectivity index (χ2n) is 5.74. The molecule has 0 unspecified atom stereocenters. The number of rotatable bonds is 14. The Balaban J connectivity index is 3.18. The van der Waals surface area contributed by atoms with Crippen molar-refractivity contribution in [3.05, 3.63) is 29.8 Å². The van der Waals surface area contributed by atoms with Crippen LogP contribution in [0, 0.1) is 0 Å². The molecule has 0 aliphatic heterocycles. The summed E-state index contributed by atoms with van der Waals surface area (Å²) in [6.07, 6.45) is -0.127. The molecular weight excluding hydrogens is 406 g/mol. The number of phenols is 1. The van der Waals surface area contributed by atoms with E-state index >= 15 is 0 Å². The second-order valence-corrected chi connectivity index (χ2v) is 10.6. The van der Waals surface area contributed by atoms with Crippen molar-refractivity contribution in [2.24, 2.45) is 0 Å². The van der Waals surface area contributed by atoms with E-state index in [0.717, 1.165) is 0 Å². The summed E-state index contributed by atoms with van der Waals surface area (Å²) in [5.41, 5.74) is 0.377. The normalized spacial score (nSPS) is 12.5. The van der Waals surface area contributed by atoms with Crippen LogP contribution in [-0.2, 0) is 27.2 Å². The molecule has 1 aromatic carbocycles. The highest BCUT2D eigenvalue weighted by Gasteiger charge is 2.50. The number of benzene rings is 1. The summed E-state index contributed by atoms with van der Waals surface area (Å²) in [4.78, 5) is 12.5. The molecule has 0 aliphatic carbocycles. The predicted molar refractivity (Wildman–Crippen MR) is 107 cm³/mol. The number of ketones is 1. The Morgan fingerprint density at radius 1 is 0.857 bits per heavy atom. The van der Waals surface area contributed by atoms with E-state index in [1.807, 2.05) is 0 Å². The first kappa shape index (κ1) is 25.0. The maximum Gasteiger partial charge on any atom is 0.345 e. The third kappa shape index (κ3) is 6.80. The highest BCUT2D eigenvalue weighted by Crippen LogP contribution is 2.71. The molecule has 0 saturated carbocycles. The van der Waals surface area contributed by atoms with Gasteiger partial charge in [0.15, 0.2) is 11.2 Å². The van der Waals surface area contributed by atoms with Crippen LogP contribution >= 0.6 is 15.2 Å². The van der Waals surface area contributed by atoms with Crippen molar-refractivity contribution in [1.29, 1.82) is 0 Å². The molecule has 1 N–H and O–H groups in total. The summed E-state index contributed by atoms with van der Waals surface area (Å²) < 4.78 is 48.3. The zero-order valence-corrected chi connectivity index (χ0v) is 18.6. The Morgan fingerprint density at radius 2 is 1.25 bits per heavy atom. The van der Waals surface area contributed by atoms with E-state index in [-0.39, 0.29) is 50.8 Å². The van der Waals surface area contributed by atoms with Crippen LogP contribution in [0.25, 0.3) is 0 Å². The quantitative estimate of drug-likeness (QED) is 0.313. The first-order valence-electron chi connectivity index (χ1n) is 9.36. The average Bonchev–Trinajstić information content (AvgIpc) is 2.63. The zero-order chi connectivity index (χ0) is 21.2. The van der Waals surface area contributed by atoms with Crippen molar-refractivity contribution in [2.45, 2.75) is 45.9 Å². The van der Waals surface area contributed by atoms with Crippen LogP contribution in [-0.4, -0.2) is 42.7 Å². The molecule has 8 nitrogen and oxygen atoms in total. The molecule has 0 amide bonds. The predicted octanol–water partition coefficient (Wildman–Crippen LogP) is 5.21. The van der Waals surface area contributed by atoms with E-state index in [0.29, 0.717) is 5.56 Å². The summed E-state index contributed by atoms with van der Waals surface area (Å²) in [7, 11) is -7.74. The van der Waals surface area contributed by atoms with E-state index in [2.05, 4.69) is 0 Å². The number of phenolic OH excluding ortho intramolecular Hbond substituents is 1. The zero-order valence-electron chi connectivity index (χ0n) is 16.8. The largest absolute Gasteiger partial charge is 0.508 e. The molecule has 0 aliphatic rings. The molecule has 0 heterocycles. The Labute approximate surface area is 166 Å². The van der Waals surface area contributed by atoms with E-state index < -0.39 is 20.6 Å². The maximum absolute atomic E-state index is 13.4. The van der Waals surface area contributed by atoms with E-state index in [4.69, 9.17) is 18.1 Å². The second kappa shape index (κ2) is 11.9. The van der Waals surface area contributed by atoms with Crippen LogP contribution in [0.2, 0.25) is 0 Å². The van der Waals surface area contributed by atoms with Crippen molar-refractivity contribution in [3.8, 4) is 5.75 Å². The molecule has 1 aromatic rings. The number of hydrogen-bond donors (Lipinski definition) is 1. The fourth-order valence-electron chi connectivity index (χ4n) is 2.68. The van der Waals surface area contributed by atoms with Gasteiger partial charge in [-0.15, -0.1) is 0 Å². The summed E-state index contributed by atoms with van der Waals surface area (Å²) in [6.45, 7) is 6.92. The van der Waals surface area contributed by atoms with Gasteiger partial charge in [-0.3, -0.25) is 13.9 Å². The third-order valence-electron chi connectivity index (χ3n) is 3.79. The van der Waals surface area contributed by atoms with Crippen LogP contribution < -0.4 is 0 Å². The number of carbonyl (C=O) groups is 1. The van der Waals surface area contributed by atoms with Gasteiger partial charge in [-0.1, -0.05) is 0 Å². The van der Waals surface area contributed by atoms with Gasteiger partial charge in [0.1, 0.15) is 5.75 Å². The molecule has 160 valence electrons. The third-order valence-corrected chi connectivity index (χ3v) is 9.93. The standard InChI is InChI=1S/C18H30O8P2/c1-5-23-27(21,24-6-2)18(28(22,25-7-3)26-8-4)14-13-17(20)15-9-11-16(19)12-10-15/h9-12,18-19H,5-8,13-14H2,1-4H3. The van der Waals surface area contributed by atoms with E-state index in [1.54, 1.807) is 27.7 Å². The van der Waals surface area contributed by atoms with E-state index in [1.165, 1.54) is 24.3 Å². The van der Waals surface area contributed by atoms with Gasteiger partial charge in [0, 0.05) is 12.0 Å². The average molecular weight is 436 g/mol. The lowest BCUT2D eigenvalue weighted by Crippen LogP contribution is -2.19.